The molecule has 0 aromatic heterocycles. The van der Waals surface area contributed by atoms with Crippen molar-refractivity contribution in [2.45, 2.75) is 59.8 Å². The van der Waals surface area contributed by atoms with Crippen molar-refractivity contribution in [3.8, 4) is 0 Å². The Balaban J connectivity index is 5.74. The predicted octanol–water partition coefficient (Wildman–Crippen LogP) is 5.15. The van der Waals surface area contributed by atoms with E-state index >= 15 is 0 Å². The van der Waals surface area contributed by atoms with Crippen LogP contribution in [0.15, 0.2) is 48.6 Å². The van der Waals surface area contributed by atoms with Gasteiger partial charge in [0, 0.05) is 18.3 Å². The van der Waals surface area contributed by atoms with Crippen LogP contribution < -0.4 is 0 Å². The Labute approximate surface area is 133 Å². The first-order valence-electron chi connectivity index (χ1n) is 8.46. The molecule has 21 heavy (non-hydrogen) atoms. The van der Waals surface area contributed by atoms with Crippen LogP contribution in [0.3, 0.4) is 0 Å². The van der Waals surface area contributed by atoms with Gasteiger partial charge < -0.3 is 4.90 Å². The summed E-state index contributed by atoms with van der Waals surface area (Å²) in [6.45, 7) is 20.3. The van der Waals surface area contributed by atoms with Crippen molar-refractivity contribution in [2.24, 2.45) is 5.92 Å². The summed E-state index contributed by atoms with van der Waals surface area (Å²) in [5.41, 5.74) is 2.68. The maximum absolute atomic E-state index is 4.09. The van der Waals surface area contributed by atoms with E-state index in [1.807, 2.05) is 18.2 Å². The smallest absolute Gasteiger partial charge is 0.160 e. The van der Waals surface area contributed by atoms with Gasteiger partial charge in [0.15, 0.2) is 7.28 Å². The van der Waals surface area contributed by atoms with Crippen molar-refractivity contribution < 1.29 is 0 Å². The molecule has 0 saturated carbocycles. The van der Waals surface area contributed by atoms with Crippen LogP contribution >= 0.6 is 0 Å². The molecule has 1 nitrogen and oxygen atoms in total. The molecule has 0 heterocycles. The summed E-state index contributed by atoms with van der Waals surface area (Å²) >= 11 is 0. The molecule has 0 aliphatic carbocycles. The van der Waals surface area contributed by atoms with Gasteiger partial charge in [-0.1, -0.05) is 77.8 Å². The molecule has 0 N–H and O–H groups in total. The topological polar surface area (TPSA) is 3.24 Å². The molecule has 0 bridgehead atoms. The zero-order chi connectivity index (χ0) is 16.3. The third kappa shape index (κ3) is 6.88. The molecule has 0 aliphatic heterocycles. The molecule has 0 amide bonds. The fourth-order valence-electron chi connectivity index (χ4n) is 2.75. The summed E-state index contributed by atoms with van der Waals surface area (Å²) in [4.78, 5) is 2.57. The Morgan fingerprint density at radius 1 is 1.14 bits per heavy atom. The minimum absolute atomic E-state index is 0.587. The third-order valence-electron chi connectivity index (χ3n) is 3.73. The molecular formula is C19H34BN. The van der Waals surface area contributed by atoms with Gasteiger partial charge in [-0.05, 0) is 24.8 Å². The molecule has 0 fully saturated rings. The third-order valence-corrected chi connectivity index (χ3v) is 3.73. The van der Waals surface area contributed by atoms with E-state index in [1.54, 1.807) is 0 Å². The Morgan fingerprint density at radius 3 is 2.14 bits per heavy atom. The van der Waals surface area contributed by atoms with E-state index in [4.69, 9.17) is 0 Å². The SMILES string of the molecule is C=C/C=C\C(BCC)=C(/C=C)N(CC(C)C)C(CC)CC. The molecule has 0 atom stereocenters. The molecule has 0 aromatic carbocycles. The summed E-state index contributed by atoms with van der Waals surface area (Å²) in [5.74, 6) is 0.645. The Morgan fingerprint density at radius 2 is 1.76 bits per heavy atom. The van der Waals surface area contributed by atoms with Crippen LogP contribution in [-0.2, 0) is 0 Å². The summed E-state index contributed by atoms with van der Waals surface area (Å²) in [5, 5.41) is 0. The van der Waals surface area contributed by atoms with Crippen LogP contribution in [0, 0.1) is 5.92 Å². The van der Waals surface area contributed by atoms with Crippen LogP contribution in [0.1, 0.15) is 47.5 Å². The van der Waals surface area contributed by atoms with Crippen molar-refractivity contribution in [2.75, 3.05) is 6.54 Å². The van der Waals surface area contributed by atoms with Gasteiger partial charge in [0.25, 0.3) is 0 Å². The molecule has 0 radical (unpaired) electrons. The molecule has 2 heteroatoms. The van der Waals surface area contributed by atoms with E-state index in [2.05, 4.69) is 58.8 Å². The summed E-state index contributed by atoms with van der Waals surface area (Å²) in [7, 11) is 1.08. The maximum Gasteiger partial charge on any atom is 0.160 e. The van der Waals surface area contributed by atoms with E-state index < -0.39 is 0 Å². The lowest BCUT2D eigenvalue weighted by atomic mass is 9.65. The minimum Gasteiger partial charge on any atom is -0.369 e. The van der Waals surface area contributed by atoms with E-state index in [1.165, 1.54) is 24.0 Å². The first-order chi connectivity index (χ1) is 10.0. The number of nitrogens with zero attached hydrogens (tertiary/aromatic N) is 1. The van der Waals surface area contributed by atoms with Crippen molar-refractivity contribution in [1.29, 1.82) is 0 Å². The Kier molecular flexibility index (Phi) is 10.8. The second kappa shape index (κ2) is 11.5. The van der Waals surface area contributed by atoms with Crippen LogP contribution in [0.5, 0.6) is 0 Å². The lowest BCUT2D eigenvalue weighted by Gasteiger charge is -2.36. The Bertz CT molecular complexity index is 362. The normalized spacial score (nSPS) is 12.7. The Hall–Kier alpha value is -1.18. The molecule has 0 unspecified atom stereocenters. The highest BCUT2D eigenvalue weighted by Gasteiger charge is 2.19. The average molecular weight is 287 g/mol. The zero-order valence-electron chi connectivity index (χ0n) is 14.9. The van der Waals surface area contributed by atoms with Crippen LogP contribution in [-0.4, -0.2) is 24.8 Å². The molecule has 0 saturated heterocycles. The molecule has 0 aliphatic rings. The van der Waals surface area contributed by atoms with E-state index in [9.17, 15) is 0 Å². The van der Waals surface area contributed by atoms with Crippen molar-refractivity contribution in [1.82, 2.24) is 4.90 Å². The number of hydrogen-bond donors (Lipinski definition) is 0. The van der Waals surface area contributed by atoms with Crippen LogP contribution in [0.25, 0.3) is 0 Å². The zero-order valence-corrected chi connectivity index (χ0v) is 14.9. The number of allylic oxidation sites excluding steroid dienone is 5. The highest BCUT2D eigenvalue weighted by atomic mass is 15.2. The maximum atomic E-state index is 4.09. The second-order valence-electron chi connectivity index (χ2n) is 5.98. The average Bonchev–Trinajstić information content (AvgIpc) is 2.45. The summed E-state index contributed by atoms with van der Waals surface area (Å²) in [6.07, 6.45) is 11.6. The highest BCUT2D eigenvalue weighted by Crippen LogP contribution is 2.22. The van der Waals surface area contributed by atoms with Gasteiger partial charge in [-0.15, -0.1) is 0 Å². The first kappa shape index (κ1) is 19.8. The standard InChI is InChI=1S/C19H34BN/c1-8-13-14-18(20-12-5)19(11-4)21(15-16(6)7)17(9-2)10-3/h8,11,13-14,16-17,20H,1,4,9-10,12,15H2,2-3,5-7H3/b14-13-,19-18-. The van der Waals surface area contributed by atoms with Crippen molar-refractivity contribution in [3.63, 3.8) is 0 Å². The monoisotopic (exact) mass is 287 g/mol. The van der Waals surface area contributed by atoms with Crippen LogP contribution in [0.2, 0.25) is 6.32 Å². The van der Waals surface area contributed by atoms with Gasteiger partial charge >= 0.3 is 0 Å². The number of hydrogen-bond acceptors (Lipinski definition) is 1. The molecular weight excluding hydrogens is 253 g/mol. The molecule has 118 valence electrons. The first-order valence-corrected chi connectivity index (χ1v) is 8.46. The molecule has 0 aromatic rings. The quantitative estimate of drug-likeness (QED) is 0.375. The van der Waals surface area contributed by atoms with E-state index in [0.29, 0.717) is 12.0 Å². The van der Waals surface area contributed by atoms with E-state index in [-0.39, 0.29) is 0 Å². The second-order valence-corrected chi connectivity index (χ2v) is 5.98. The fraction of sp³-hybridized carbons (Fsp3) is 0.579. The molecule has 0 spiro atoms. The van der Waals surface area contributed by atoms with Gasteiger partial charge in [0.2, 0.25) is 0 Å². The number of rotatable bonds is 11. The van der Waals surface area contributed by atoms with Gasteiger partial charge in [-0.3, -0.25) is 0 Å². The lowest BCUT2D eigenvalue weighted by molar-refractivity contribution is 0.221. The van der Waals surface area contributed by atoms with Gasteiger partial charge in [0.1, 0.15) is 0 Å². The molecule has 0 rings (SSSR count). The summed E-state index contributed by atoms with van der Waals surface area (Å²) in [6, 6.07) is 0.587. The predicted molar refractivity (Wildman–Crippen MR) is 100 cm³/mol. The van der Waals surface area contributed by atoms with Gasteiger partial charge in [-0.2, -0.15) is 0 Å². The van der Waals surface area contributed by atoms with Gasteiger partial charge in [0.05, 0.1) is 0 Å². The fourth-order valence-corrected chi connectivity index (χ4v) is 2.75. The minimum atomic E-state index is 0.587. The summed E-state index contributed by atoms with van der Waals surface area (Å²) < 4.78 is 0. The largest absolute Gasteiger partial charge is 0.369 e. The van der Waals surface area contributed by atoms with Gasteiger partial charge in [-0.25, -0.2) is 0 Å². The van der Waals surface area contributed by atoms with Crippen LogP contribution in [0.4, 0.5) is 0 Å². The lowest BCUT2D eigenvalue weighted by Crippen LogP contribution is -2.37. The highest BCUT2D eigenvalue weighted by molar-refractivity contribution is 6.46. The van der Waals surface area contributed by atoms with E-state index in [0.717, 1.165) is 20.1 Å². The van der Waals surface area contributed by atoms with Crippen molar-refractivity contribution >= 4 is 7.28 Å². The van der Waals surface area contributed by atoms with Crippen molar-refractivity contribution in [3.05, 3.63) is 48.6 Å².